The lowest BCUT2D eigenvalue weighted by Gasteiger charge is -2.34. The van der Waals surface area contributed by atoms with Gasteiger partial charge < -0.3 is 10.2 Å². The second-order valence-electron chi connectivity index (χ2n) is 7.93. The minimum Gasteiger partial charge on any atom is -0.352 e. The number of benzene rings is 2. The molecule has 1 fully saturated rings. The molecule has 2 heterocycles. The van der Waals surface area contributed by atoms with Crippen LogP contribution in [-0.2, 0) is 19.5 Å². The Bertz CT molecular complexity index is 927. The number of piperidine rings is 1. The number of rotatable bonds is 6. The Morgan fingerprint density at radius 3 is 2.53 bits per heavy atom. The summed E-state index contributed by atoms with van der Waals surface area (Å²) in [6, 6.07) is 19.4. The quantitative estimate of drug-likeness (QED) is 0.507. The van der Waals surface area contributed by atoms with Gasteiger partial charge in [-0.25, -0.2) is 9.67 Å². The number of aliphatic imine (C=N–C) groups is 1. The molecule has 0 unspecified atom stereocenters. The minimum atomic E-state index is 0.734. The van der Waals surface area contributed by atoms with E-state index in [1.54, 1.807) is 12.7 Å². The van der Waals surface area contributed by atoms with Gasteiger partial charge in [-0.05, 0) is 41.9 Å². The van der Waals surface area contributed by atoms with E-state index in [-0.39, 0.29) is 0 Å². The third kappa shape index (κ3) is 5.47. The molecule has 6 heteroatoms. The van der Waals surface area contributed by atoms with Crippen LogP contribution in [0.5, 0.6) is 0 Å². The molecular weight excluding hydrogens is 372 g/mol. The van der Waals surface area contributed by atoms with E-state index in [0.717, 1.165) is 38.1 Å². The van der Waals surface area contributed by atoms with Crippen LogP contribution in [0, 0.1) is 5.92 Å². The molecule has 0 saturated carbocycles. The molecule has 2 aromatic carbocycles. The van der Waals surface area contributed by atoms with Crippen LogP contribution in [0.3, 0.4) is 0 Å². The number of guanidine groups is 1. The van der Waals surface area contributed by atoms with Crippen molar-refractivity contribution in [3.8, 4) is 0 Å². The van der Waals surface area contributed by atoms with Crippen molar-refractivity contribution in [2.45, 2.75) is 32.4 Å². The summed E-state index contributed by atoms with van der Waals surface area (Å²) in [5, 5.41) is 7.73. The Hall–Kier alpha value is -3.15. The molecule has 156 valence electrons. The molecule has 6 nitrogen and oxygen atoms in total. The summed E-state index contributed by atoms with van der Waals surface area (Å²) in [6.07, 6.45) is 6.91. The van der Waals surface area contributed by atoms with E-state index >= 15 is 0 Å². The molecular formula is C24H30N6. The van der Waals surface area contributed by atoms with E-state index in [1.165, 1.54) is 36.0 Å². The second kappa shape index (κ2) is 10.1. The van der Waals surface area contributed by atoms with Crippen molar-refractivity contribution >= 4 is 5.96 Å². The molecule has 1 saturated heterocycles. The first-order valence-electron chi connectivity index (χ1n) is 10.7. The third-order valence-electron chi connectivity index (χ3n) is 5.75. The van der Waals surface area contributed by atoms with Gasteiger partial charge in [-0.15, -0.1) is 0 Å². The van der Waals surface area contributed by atoms with Crippen molar-refractivity contribution in [2.75, 3.05) is 20.1 Å². The first kappa shape index (κ1) is 20.1. The standard InChI is InChI=1S/C24H30N6/c1-25-24(29-12-10-21(11-13-29)14-20-6-3-2-4-7-20)27-16-22-8-5-9-23(15-22)17-30-19-26-18-28-30/h2-9,15,18-19,21H,10-14,16-17H2,1H3,(H,25,27). The van der Waals surface area contributed by atoms with Gasteiger partial charge in [-0.2, -0.15) is 5.10 Å². The Morgan fingerprint density at radius 2 is 1.80 bits per heavy atom. The van der Waals surface area contributed by atoms with Crippen LogP contribution in [0.25, 0.3) is 0 Å². The van der Waals surface area contributed by atoms with E-state index in [4.69, 9.17) is 0 Å². The van der Waals surface area contributed by atoms with Crippen molar-refractivity contribution < 1.29 is 0 Å². The largest absolute Gasteiger partial charge is 0.352 e. The van der Waals surface area contributed by atoms with Gasteiger partial charge in [-0.1, -0.05) is 54.6 Å². The van der Waals surface area contributed by atoms with Gasteiger partial charge in [0.05, 0.1) is 6.54 Å². The van der Waals surface area contributed by atoms with Gasteiger partial charge in [0.25, 0.3) is 0 Å². The highest BCUT2D eigenvalue weighted by Gasteiger charge is 2.21. The normalized spacial score (nSPS) is 15.4. The number of likely N-dealkylation sites (tertiary alicyclic amines) is 1. The average molecular weight is 403 g/mol. The first-order chi connectivity index (χ1) is 14.8. The molecule has 0 radical (unpaired) electrons. The van der Waals surface area contributed by atoms with Crippen molar-refractivity contribution in [1.82, 2.24) is 25.0 Å². The zero-order valence-corrected chi connectivity index (χ0v) is 17.6. The summed E-state index contributed by atoms with van der Waals surface area (Å²) in [5.74, 6) is 1.75. The fourth-order valence-electron chi connectivity index (χ4n) is 4.15. The Balaban J connectivity index is 1.27. The predicted molar refractivity (Wildman–Crippen MR) is 120 cm³/mol. The molecule has 0 bridgehead atoms. The van der Waals surface area contributed by atoms with Crippen LogP contribution >= 0.6 is 0 Å². The molecule has 1 N–H and O–H groups in total. The van der Waals surface area contributed by atoms with Gasteiger partial charge >= 0.3 is 0 Å². The highest BCUT2D eigenvalue weighted by molar-refractivity contribution is 5.79. The number of aromatic nitrogens is 3. The average Bonchev–Trinajstić information content (AvgIpc) is 3.29. The van der Waals surface area contributed by atoms with Crippen molar-refractivity contribution in [3.63, 3.8) is 0 Å². The zero-order chi connectivity index (χ0) is 20.6. The van der Waals surface area contributed by atoms with Crippen LogP contribution in [0.15, 0.2) is 72.2 Å². The molecule has 0 spiro atoms. The van der Waals surface area contributed by atoms with Gasteiger partial charge in [0.1, 0.15) is 12.7 Å². The Kier molecular flexibility index (Phi) is 6.75. The molecule has 30 heavy (non-hydrogen) atoms. The van der Waals surface area contributed by atoms with Crippen LogP contribution in [0.4, 0.5) is 0 Å². The van der Waals surface area contributed by atoms with Crippen molar-refractivity contribution in [1.29, 1.82) is 0 Å². The van der Waals surface area contributed by atoms with Crippen LogP contribution in [0.1, 0.15) is 29.5 Å². The lowest BCUT2D eigenvalue weighted by molar-refractivity contribution is 0.259. The number of hydrogen-bond acceptors (Lipinski definition) is 3. The first-order valence-corrected chi connectivity index (χ1v) is 10.7. The third-order valence-corrected chi connectivity index (χ3v) is 5.75. The molecule has 4 rings (SSSR count). The summed E-state index contributed by atoms with van der Waals surface area (Å²) >= 11 is 0. The number of hydrogen-bond donors (Lipinski definition) is 1. The second-order valence-corrected chi connectivity index (χ2v) is 7.93. The lowest BCUT2D eigenvalue weighted by atomic mass is 9.90. The van der Waals surface area contributed by atoms with Crippen LogP contribution in [-0.4, -0.2) is 45.8 Å². The molecule has 0 aliphatic carbocycles. The zero-order valence-electron chi connectivity index (χ0n) is 17.6. The molecule has 1 aromatic heterocycles. The number of nitrogens with one attached hydrogen (secondary N) is 1. The number of nitrogens with zero attached hydrogens (tertiary/aromatic N) is 5. The van der Waals surface area contributed by atoms with Crippen molar-refractivity contribution in [3.05, 3.63) is 83.9 Å². The van der Waals surface area contributed by atoms with Gasteiger partial charge in [0, 0.05) is 26.7 Å². The fraction of sp³-hybridized carbons (Fsp3) is 0.375. The summed E-state index contributed by atoms with van der Waals surface area (Å²) in [6.45, 7) is 3.62. The smallest absolute Gasteiger partial charge is 0.193 e. The maximum atomic E-state index is 4.53. The highest BCUT2D eigenvalue weighted by Crippen LogP contribution is 2.21. The van der Waals surface area contributed by atoms with Gasteiger partial charge in [0.2, 0.25) is 0 Å². The van der Waals surface area contributed by atoms with E-state index in [2.05, 4.69) is 79.9 Å². The molecule has 3 aromatic rings. The summed E-state index contributed by atoms with van der Waals surface area (Å²) in [7, 11) is 1.87. The highest BCUT2D eigenvalue weighted by atomic mass is 15.3. The lowest BCUT2D eigenvalue weighted by Crippen LogP contribution is -2.45. The van der Waals surface area contributed by atoms with Crippen molar-refractivity contribution in [2.24, 2.45) is 10.9 Å². The van der Waals surface area contributed by atoms with E-state index in [1.807, 2.05) is 11.7 Å². The Labute approximate surface area is 178 Å². The van der Waals surface area contributed by atoms with E-state index < -0.39 is 0 Å². The van der Waals surface area contributed by atoms with Gasteiger partial charge in [0.15, 0.2) is 5.96 Å². The maximum Gasteiger partial charge on any atom is 0.193 e. The molecule has 0 amide bonds. The monoisotopic (exact) mass is 402 g/mol. The van der Waals surface area contributed by atoms with E-state index in [9.17, 15) is 0 Å². The fourth-order valence-corrected chi connectivity index (χ4v) is 4.15. The Morgan fingerprint density at radius 1 is 1.03 bits per heavy atom. The summed E-state index contributed by atoms with van der Waals surface area (Å²) < 4.78 is 1.84. The van der Waals surface area contributed by atoms with Gasteiger partial charge in [-0.3, -0.25) is 4.99 Å². The summed E-state index contributed by atoms with van der Waals surface area (Å²) in [5.41, 5.74) is 3.91. The maximum absolute atomic E-state index is 4.53. The molecule has 1 aliphatic rings. The predicted octanol–water partition coefficient (Wildman–Crippen LogP) is 3.36. The SMILES string of the molecule is CN=C(NCc1cccc(Cn2cncn2)c1)N1CCC(Cc2ccccc2)CC1. The van der Waals surface area contributed by atoms with Crippen LogP contribution < -0.4 is 5.32 Å². The van der Waals surface area contributed by atoms with Crippen LogP contribution in [0.2, 0.25) is 0 Å². The topological polar surface area (TPSA) is 58.3 Å². The molecule has 1 aliphatic heterocycles. The minimum absolute atomic E-state index is 0.734. The van der Waals surface area contributed by atoms with E-state index in [0.29, 0.717) is 0 Å². The summed E-state index contributed by atoms with van der Waals surface area (Å²) in [4.78, 5) is 10.9. The molecule has 0 atom stereocenters.